The van der Waals surface area contributed by atoms with Crippen molar-refractivity contribution in [3.05, 3.63) is 102 Å². The van der Waals surface area contributed by atoms with Crippen molar-refractivity contribution in [3.63, 3.8) is 0 Å². The van der Waals surface area contributed by atoms with Gasteiger partial charge in [-0.15, -0.1) is 0 Å². The second kappa shape index (κ2) is 9.71. The molecule has 1 nitrogen and oxygen atoms in total. The molecule has 0 spiro atoms. The molecule has 150 valence electrons. The zero-order valence-electron chi connectivity index (χ0n) is 17.9. The minimum atomic E-state index is 0.507. The van der Waals surface area contributed by atoms with Gasteiger partial charge in [0, 0.05) is 11.1 Å². The largest absolute Gasteiger partial charge is 0.493 e. The van der Waals surface area contributed by atoms with E-state index in [1.807, 2.05) is 42.5 Å². The molecule has 1 heteroatoms. The number of ether oxygens (including phenoxy) is 1. The van der Waals surface area contributed by atoms with E-state index >= 15 is 0 Å². The van der Waals surface area contributed by atoms with Gasteiger partial charge < -0.3 is 4.74 Å². The zero-order valence-corrected chi connectivity index (χ0v) is 17.9. The lowest BCUT2D eigenvalue weighted by Crippen LogP contribution is -2.04. The van der Waals surface area contributed by atoms with Gasteiger partial charge in [-0.05, 0) is 76.1 Å². The molecule has 0 bridgehead atoms. The van der Waals surface area contributed by atoms with Gasteiger partial charge >= 0.3 is 0 Å². The molecule has 0 saturated carbocycles. The van der Waals surface area contributed by atoms with E-state index < -0.39 is 0 Å². The summed E-state index contributed by atoms with van der Waals surface area (Å²) in [6.07, 6.45) is 0. The number of hydrogen-bond donors (Lipinski definition) is 0. The van der Waals surface area contributed by atoms with E-state index in [0.717, 1.165) is 28.0 Å². The molecular formula is C30H24O. The molecule has 0 N–H and O–H groups in total. The number of fused-ring (bicyclic) bond motifs is 1. The summed E-state index contributed by atoms with van der Waals surface area (Å²) in [6.45, 7) is 4.99. The Morgan fingerprint density at radius 2 is 1.42 bits per heavy atom. The van der Waals surface area contributed by atoms with Gasteiger partial charge in [0.2, 0.25) is 0 Å². The van der Waals surface area contributed by atoms with Crippen LogP contribution >= 0.6 is 0 Å². The van der Waals surface area contributed by atoms with Crippen molar-refractivity contribution in [2.45, 2.75) is 13.8 Å². The summed E-state index contributed by atoms with van der Waals surface area (Å²) in [5, 5.41) is 2.46. The van der Waals surface area contributed by atoms with E-state index in [4.69, 9.17) is 4.74 Å². The van der Waals surface area contributed by atoms with Gasteiger partial charge in [-0.2, -0.15) is 0 Å². The van der Waals surface area contributed by atoms with E-state index in [0.29, 0.717) is 12.5 Å². The fraction of sp³-hybridized carbons (Fsp3) is 0.133. The Morgan fingerprint density at radius 3 is 2.23 bits per heavy atom. The molecule has 0 aliphatic carbocycles. The van der Waals surface area contributed by atoms with Crippen LogP contribution in [-0.2, 0) is 0 Å². The van der Waals surface area contributed by atoms with Crippen LogP contribution in [0.1, 0.15) is 25.0 Å². The predicted molar refractivity (Wildman–Crippen MR) is 130 cm³/mol. The van der Waals surface area contributed by atoms with Gasteiger partial charge in [-0.25, -0.2) is 0 Å². The van der Waals surface area contributed by atoms with Gasteiger partial charge in [-0.1, -0.05) is 80.3 Å². The summed E-state index contributed by atoms with van der Waals surface area (Å²) in [5.41, 5.74) is 4.18. The monoisotopic (exact) mass is 400 g/mol. The molecule has 0 amide bonds. The summed E-state index contributed by atoms with van der Waals surface area (Å²) in [6, 6.07) is 31.0. The Hall–Kier alpha value is -3.94. The Labute approximate surface area is 184 Å². The van der Waals surface area contributed by atoms with Crippen LogP contribution in [-0.4, -0.2) is 6.61 Å². The lowest BCUT2D eigenvalue weighted by molar-refractivity contribution is 0.271. The first kappa shape index (κ1) is 20.3. The van der Waals surface area contributed by atoms with E-state index in [1.54, 1.807) is 0 Å². The highest BCUT2D eigenvalue weighted by atomic mass is 16.5. The van der Waals surface area contributed by atoms with Crippen LogP contribution < -0.4 is 4.74 Å². The molecular weight excluding hydrogens is 376 g/mol. The van der Waals surface area contributed by atoms with Crippen LogP contribution in [0.3, 0.4) is 0 Å². The minimum absolute atomic E-state index is 0.507. The SMILES string of the molecule is CC(C)COc1ccc(C#CC#Cc2ccccc2-c2ccc3ccccc3c2)cc1. The number of rotatable bonds is 4. The Kier molecular flexibility index (Phi) is 6.37. The number of benzene rings is 4. The molecule has 0 aliphatic heterocycles. The average Bonchev–Trinajstić information content (AvgIpc) is 2.81. The van der Waals surface area contributed by atoms with Gasteiger partial charge in [-0.3, -0.25) is 0 Å². The van der Waals surface area contributed by atoms with E-state index in [9.17, 15) is 0 Å². The van der Waals surface area contributed by atoms with Crippen molar-refractivity contribution in [1.82, 2.24) is 0 Å². The smallest absolute Gasteiger partial charge is 0.119 e. The second-order valence-corrected chi connectivity index (χ2v) is 7.84. The summed E-state index contributed by atoms with van der Waals surface area (Å²) in [4.78, 5) is 0. The zero-order chi connectivity index (χ0) is 21.5. The topological polar surface area (TPSA) is 9.23 Å². The molecule has 0 heterocycles. The third kappa shape index (κ3) is 5.36. The maximum atomic E-state index is 5.71. The van der Waals surface area contributed by atoms with Crippen molar-refractivity contribution in [3.8, 4) is 40.6 Å². The van der Waals surface area contributed by atoms with Crippen LogP contribution in [0.2, 0.25) is 0 Å². The lowest BCUT2D eigenvalue weighted by Gasteiger charge is -2.07. The Morgan fingerprint density at radius 1 is 0.710 bits per heavy atom. The van der Waals surface area contributed by atoms with Crippen LogP contribution in [0, 0.1) is 29.6 Å². The third-order valence-corrected chi connectivity index (χ3v) is 4.89. The van der Waals surface area contributed by atoms with Crippen molar-refractivity contribution < 1.29 is 4.74 Å². The van der Waals surface area contributed by atoms with Gasteiger partial charge in [0.1, 0.15) is 5.75 Å². The van der Waals surface area contributed by atoms with Crippen LogP contribution in [0.15, 0.2) is 91.0 Å². The van der Waals surface area contributed by atoms with E-state index in [1.165, 1.54) is 10.8 Å². The van der Waals surface area contributed by atoms with Crippen LogP contribution in [0.5, 0.6) is 5.75 Å². The van der Waals surface area contributed by atoms with Crippen molar-refractivity contribution in [1.29, 1.82) is 0 Å². The quantitative estimate of drug-likeness (QED) is 0.337. The summed E-state index contributed by atoms with van der Waals surface area (Å²) in [5.74, 6) is 13.7. The summed E-state index contributed by atoms with van der Waals surface area (Å²) < 4.78 is 5.71. The third-order valence-electron chi connectivity index (χ3n) is 4.89. The molecule has 31 heavy (non-hydrogen) atoms. The predicted octanol–water partition coefficient (Wildman–Crippen LogP) is 6.94. The normalized spacial score (nSPS) is 10.2. The first-order valence-electron chi connectivity index (χ1n) is 10.5. The fourth-order valence-electron chi connectivity index (χ4n) is 3.30. The highest BCUT2D eigenvalue weighted by Crippen LogP contribution is 2.26. The summed E-state index contributed by atoms with van der Waals surface area (Å²) in [7, 11) is 0. The van der Waals surface area contributed by atoms with Gasteiger partial charge in [0.15, 0.2) is 0 Å². The van der Waals surface area contributed by atoms with Crippen molar-refractivity contribution in [2.75, 3.05) is 6.61 Å². The molecule has 0 aliphatic rings. The maximum Gasteiger partial charge on any atom is 0.119 e. The van der Waals surface area contributed by atoms with Gasteiger partial charge in [0.05, 0.1) is 6.61 Å². The summed E-state index contributed by atoms with van der Waals surface area (Å²) >= 11 is 0. The molecule has 0 aromatic heterocycles. The maximum absolute atomic E-state index is 5.71. The van der Waals surface area contributed by atoms with Gasteiger partial charge in [0.25, 0.3) is 0 Å². The molecule has 0 unspecified atom stereocenters. The molecule has 0 atom stereocenters. The minimum Gasteiger partial charge on any atom is -0.493 e. The van der Waals surface area contributed by atoms with Crippen molar-refractivity contribution in [2.24, 2.45) is 5.92 Å². The Bertz CT molecular complexity index is 1310. The van der Waals surface area contributed by atoms with E-state index in [2.05, 4.69) is 86.1 Å². The van der Waals surface area contributed by atoms with E-state index in [-0.39, 0.29) is 0 Å². The fourth-order valence-corrected chi connectivity index (χ4v) is 3.30. The first-order chi connectivity index (χ1) is 15.2. The molecule has 0 fully saturated rings. The Balaban J connectivity index is 1.53. The number of hydrogen-bond acceptors (Lipinski definition) is 1. The highest BCUT2D eigenvalue weighted by Gasteiger charge is 2.03. The first-order valence-corrected chi connectivity index (χ1v) is 10.5. The molecule has 4 aromatic carbocycles. The van der Waals surface area contributed by atoms with Crippen molar-refractivity contribution >= 4 is 10.8 Å². The molecule has 0 radical (unpaired) electrons. The molecule has 4 rings (SSSR count). The van der Waals surface area contributed by atoms with Crippen LogP contribution in [0.25, 0.3) is 21.9 Å². The average molecular weight is 401 g/mol. The highest BCUT2D eigenvalue weighted by molar-refractivity contribution is 5.88. The van der Waals surface area contributed by atoms with Crippen LogP contribution in [0.4, 0.5) is 0 Å². The second-order valence-electron chi connectivity index (χ2n) is 7.84. The molecule has 0 saturated heterocycles. The standard InChI is InChI=1S/C30H24O/c1-23(2)22-31-29-19-15-24(16-20-29)9-3-4-11-26-12-7-8-14-30(26)28-18-17-25-10-5-6-13-27(25)21-28/h5-8,10,12-21,23H,22H2,1-2H3. The molecule has 4 aromatic rings. The lowest BCUT2D eigenvalue weighted by atomic mass is 9.97.